The minimum absolute atomic E-state index is 0.192. The van der Waals surface area contributed by atoms with Gasteiger partial charge in [0.1, 0.15) is 0 Å². The molecule has 106 valence electrons. The molecule has 0 radical (unpaired) electrons. The Bertz CT molecular complexity index is 403. The average molecular weight is 285 g/mol. The van der Waals surface area contributed by atoms with E-state index >= 15 is 0 Å². The van der Waals surface area contributed by atoms with Crippen LogP contribution in [0.4, 0.5) is 0 Å². The van der Waals surface area contributed by atoms with Gasteiger partial charge in [-0.25, -0.2) is 0 Å². The van der Waals surface area contributed by atoms with Gasteiger partial charge in [0.15, 0.2) is 0 Å². The lowest BCUT2D eigenvalue weighted by Gasteiger charge is -2.30. The van der Waals surface area contributed by atoms with Crippen LogP contribution in [0.3, 0.4) is 0 Å². The van der Waals surface area contributed by atoms with Crippen LogP contribution in [0.1, 0.15) is 11.7 Å². The molecule has 0 unspecified atom stereocenters. The summed E-state index contributed by atoms with van der Waals surface area (Å²) in [4.78, 5) is 2.25. The number of hydrogen-bond acceptors (Lipinski definition) is 4. The second kappa shape index (κ2) is 7.22. The molecular weight excluding hydrogens is 264 g/mol. The molecule has 0 bridgehead atoms. The molecule has 2 N–H and O–H groups in total. The summed E-state index contributed by atoms with van der Waals surface area (Å²) in [6, 6.07) is 7.38. The van der Waals surface area contributed by atoms with Crippen LogP contribution in [0.5, 0.6) is 0 Å². The molecule has 5 heteroatoms. The fraction of sp³-hybridized carbons (Fsp3) is 0.571. The third kappa shape index (κ3) is 4.44. The van der Waals surface area contributed by atoms with E-state index in [2.05, 4.69) is 17.3 Å². The molecule has 0 spiro atoms. The first-order valence-electron chi connectivity index (χ1n) is 6.60. The standard InChI is InChI=1S/C14H21ClN2O2/c1-17-6-7-19-11(10-17)8-16-9-14(18)12-4-2-3-5-13(12)15/h2-5,11,14,16,18H,6-10H2,1H3/t11-,14-/m1/s1. The Morgan fingerprint density at radius 1 is 1.53 bits per heavy atom. The lowest BCUT2D eigenvalue weighted by Crippen LogP contribution is -2.45. The first-order chi connectivity index (χ1) is 9.16. The molecule has 1 aromatic carbocycles. The zero-order valence-corrected chi connectivity index (χ0v) is 11.9. The van der Waals surface area contributed by atoms with Crippen molar-refractivity contribution in [3.8, 4) is 0 Å². The average Bonchev–Trinajstić information content (AvgIpc) is 2.39. The van der Waals surface area contributed by atoms with Gasteiger partial charge < -0.3 is 20.1 Å². The molecule has 1 aromatic rings. The number of morpholine rings is 1. The number of rotatable bonds is 5. The molecule has 0 aromatic heterocycles. The highest BCUT2D eigenvalue weighted by Crippen LogP contribution is 2.21. The number of aliphatic hydroxyl groups excluding tert-OH is 1. The predicted molar refractivity (Wildman–Crippen MR) is 76.5 cm³/mol. The smallest absolute Gasteiger partial charge is 0.0928 e. The van der Waals surface area contributed by atoms with E-state index in [1.54, 1.807) is 6.07 Å². The quantitative estimate of drug-likeness (QED) is 0.855. The second-order valence-electron chi connectivity index (χ2n) is 4.95. The van der Waals surface area contributed by atoms with Crippen molar-refractivity contribution in [2.24, 2.45) is 0 Å². The molecule has 0 saturated carbocycles. The van der Waals surface area contributed by atoms with Crippen LogP contribution in [0, 0.1) is 0 Å². The van der Waals surface area contributed by atoms with Crippen molar-refractivity contribution in [3.05, 3.63) is 34.9 Å². The molecular formula is C14H21ClN2O2. The number of benzene rings is 1. The minimum Gasteiger partial charge on any atom is -0.387 e. The molecule has 19 heavy (non-hydrogen) atoms. The summed E-state index contributed by atoms with van der Waals surface area (Å²) in [5.74, 6) is 0. The maximum Gasteiger partial charge on any atom is 0.0928 e. The van der Waals surface area contributed by atoms with E-state index in [-0.39, 0.29) is 6.10 Å². The molecule has 1 aliphatic heterocycles. The van der Waals surface area contributed by atoms with E-state index in [0.717, 1.165) is 31.8 Å². The van der Waals surface area contributed by atoms with Crippen molar-refractivity contribution in [2.75, 3.05) is 39.8 Å². The molecule has 1 heterocycles. The lowest BCUT2D eigenvalue weighted by molar-refractivity contribution is -0.0191. The lowest BCUT2D eigenvalue weighted by atomic mass is 10.1. The Morgan fingerprint density at radius 3 is 3.05 bits per heavy atom. The van der Waals surface area contributed by atoms with E-state index in [1.807, 2.05) is 18.2 Å². The van der Waals surface area contributed by atoms with E-state index in [1.165, 1.54) is 0 Å². The van der Waals surface area contributed by atoms with Crippen LogP contribution in [-0.2, 0) is 4.74 Å². The Kier molecular flexibility index (Phi) is 5.60. The molecule has 0 aliphatic carbocycles. The van der Waals surface area contributed by atoms with E-state index < -0.39 is 6.10 Å². The van der Waals surface area contributed by atoms with Crippen LogP contribution in [0.25, 0.3) is 0 Å². The highest BCUT2D eigenvalue weighted by molar-refractivity contribution is 6.31. The van der Waals surface area contributed by atoms with Gasteiger partial charge in [-0.1, -0.05) is 29.8 Å². The predicted octanol–water partition coefficient (Wildman–Crippen LogP) is 1.29. The van der Waals surface area contributed by atoms with Gasteiger partial charge in [0.2, 0.25) is 0 Å². The third-order valence-corrected chi connectivity index (χ3v) is 3.66. The zero-order valence-electron chi connectivity index (χ0n) is 11.2. The molecule has 4 nitrogen and oxygen atoms in total. The molecule has 1 fully saturated rings. The SMILES string of the molecule is CN1CCO[C@H](CNC[C@@H](O)c2ccccc2Cl)C1. The number of hydrogen-bond donors (Lipinski definition) is 2. The highest BCUT2D eigenvalue weighted by atomic mass is 35.5. The van der Waals surface area contributed by atoms with Gasteiger partial charge in [0.25, 0.3) is 0 Å². The van der Waals surface area contributed by atoms with Crippen LogP contribution in [0.15, 0.2) is 24.3 Å². The van der Waals surface area contributed by atoms with Gasteiger partial charge in [0.05, 0.1) is 18.8 Å². The Morgan fingerprint density at radius 2 is 2.32 bits per heavy atom. The van der Waals surface area contributed by atoms with Crippen molar-refractivity contribution in [1.29, 1.82) is 0 Å². The number of nitrogens with one attached hydrogen (secondary N) is 1. The molecule has 2 rings (SSSR count). The monoisotopic (exact) mass is 284 g/mol. The fourth-order valence-electron chi connectivity index (χ4n) is 2.23. The number of nitrogens with zero attached hydrogens (tertiary/aromatic N) is 1. The summed E-state index contributed by atoms with van der Waals surface area (Å²) in [5.41, 5.74) is 0.762. The first-order valence-corrected chi connectivity index (χ1v) is 6.98. The molecule has 2 atom stereocenters. The zero-order chi connectivity index (χ0) is 13.7. The minimum atomic E-state index is -0.588. The van der Waals surface area contributed by atoms with Crippen molar-refractivity contribution in [3.63, 3.8) is 0 Å². The molecule has 0 amide bonds. The van der Waals surface area contributed by atoms with Crippen LogP contribution in [-0.4, -0.2) is 55.9 Å². The van der Waals surface area contributed by atoms with Gasteiger partial charge in [-0.05, 0) is 13.1 Å². The van der Waals surface area contributed by atoms with Crippen LogP contribution >= 0.6 is 11.6 Å². The Labute approximate surface area is 119 Å². The van der Waals surface area contributed by atoms with Gasteiger partial charge in [0, 0.05) is 36.8 Å². The topological polar surface area (TPSA) is 44.7 Å². The summed E-state index contributed by atoms with van der Waals surface area (Å²) >= 11 is 6.05. The van der Waals surface area contributed by atoms with Crippen molar-refractivity contribution in [2.45, 2.75) is 12.2 Å². The summed E-state index contributed by atoms with van der Waals surface area (Å²) < 4.78 is 5.65. The number of ether oxygens (including phenoxy) is 1. The van der Waals surface area contributed by atoms with E-state index in [9.17, 15) is 5.11 Å². The van der Waals surface area contributed by atoms with Crippen molar-refractivity contribution in [1.82, 2.24) is 10.2 Å². The summed E-state index contributed by atoms with van der Waals surface area (Å²) in [5, 5.41) is 13.9. The first kappa shape index (κ1) is 14.8. The van der Waals surface area contributed by atoms with Gasteiger partial charge in [-0.15, -0.1) is 0 Å². The number of likely N-dealkylation sites (N-methyl/N-ethyl adjacent to an activating group) is 1. The Balaban J connectivity index is 1.75. The molecule has 1 aliphatic rings. The fourth-order valence-corrected chi connectivity index (χ4v) is 2.49. The number of aliphatic hydroxyl groups is 1. The second-order valence-corrected chi connectivity index (χ2v) is 5.36. The van der Waals surface area contributed by atoms with Crippen molar-refractivity contribution >= 4 is 11.6 Å². The van der Waals surface area contributed by atoms with Crippen molar-refractivity contribution < 1.29 is 9.84 Å². The molecule has 1 saturated heterocycles. The maximum atomic E-state index is 10.1. The normalized spacial score (nSPS) is 22.4. The highest BCUT2D eigenvalue weighted by Gasteiger charge is 2.18. The van der Waals surface area contributed by atoms with Gasteiger partial charge in [-0.3, -0.25) is 0 Å². The van der Waals surface area contributed by atoms with Gasteiger partial charge >= 0.3 is 0 Å². The maximum absolute atomic E-state index is 10.1. The number of halogens is 1. The van der Waals surface area contributed by atoms with Crippen LogP contribution in [0.2, 0.25) is 5.02 Å². The van der Waals surface area contributed by atoms with E-state index in [0.29, 0.717) is 11.6 Å². The summed E-state index contributed by atoms with van der Waals surface area (Å²) in [7, 11) is 2.09. The third-order valence-electron chi connectivity index (χ3n) is 3.32. The van der Waals surface area contributed by atoms with E-state index in [4.69, 9.17) is 16.3 Å². The Hall–Kier alpha value is -0.650. The summed E-state index contributed by atoms with van der Waals surface area (Å²) in [6.45, 7) is 3.91. The summed E-state index contributed by atoms with van der Waals surface area (Å²) in [6.07, 6.45) is -0.396. The van der Waals surface area contributed by atoms with Crippen LogP contribution < -0.4 is 5.32 Å². The largest absolute Gasteiger partial charge is 0.387 e. The van der Waals surface area contributed by atoms with Gasteiger partial charge in [-0.2, -0.15) is 0 Å².